The lowest BCUT2D eigenvalue weighted by Crippen LogP contribution is -2.01. The largest absolute Gasteiger partial charge is 0.366 e. The number of rotatable bonds is 3. The molecule has 0 saturated heterocycles. The Morgan fingerprint density at radius 2 is 2.00 bits per heavy atom. The molecule has 0 spiro atoms. The lowest BCUT2D eigenvalue weighted by Gasteiger charge is -2.06. The van der Waals surface area contributed by atoms with E-state index in [0.29, 0.717) is 5.15 Å². The summed E-state index contributed by atoms with van der Waals surface area (Å²) in [5, 5.41) is 3.74. The van der Waals surface area contributed by atoms with E-state index in [-0.39, 0.29) is 0 Å². The number of hydrogen-bond acceptors (Lipinski definition) is 2. The molecule has 0 amide bonds. The van der Waals surface area contributed by atoms with Crippen molar-refractivity contribution in [1.82, 2.24) is 4.98 Å². The van der Waals surface area contributed by atoms with Crippen molar-refractivity contribution in [3.63, 3.8) is 0 Å². The van der Waals surface area contributed by atoms with E-state index < -0.39 is 0 Å². The zero-order chi connectivity index (χ0) is 11.4. The van der Waals surface area contributed by atoms with E-state index in [1.165, 1.54) is 11.1 Å². The number of pyridine rings is 1. The van der Waals surface area contributed by atoms with Crippen LogP contribution in [-0.4, -0.2) is 4.98 Å². The van der Waals surface area contributed by atoms with E-state index in [0.717, 1.165) is 12.4 Å². The normalized spacial score (nSPS) is 10.1. The summed E-state index contributed by atoms with van der Waals surface area (Å²) in [7, 11) is 0. The van der Waals surface area contributed by atoms with Gasteiger partial charge in [0.25, 0.3) is 0 Å². The Morgan fingerprint density at radius 1 is 1.19 bits per heavy atom. The van der Waals surface area contributed by atoms with Gasteiger partial charge in [0.15, 0.2) is 0 Å². The summed E-state index contributed by atoms with van der Waals surface area (Å²) in [5.74, 6) is 0.800. The van der Waals surface area contributed by atoms with E-state index in [9.17, 15) is 0 Å². The number of aromatic nitrogens is 1. The summed E-state index contributed by atoms with van der Waals surface area (Å²) >= 11 is 5.80. The van der Waals surface area contributed by atoms with Gasteiger partial charge in [0.2, 0.25) is 0 Å². The number of halogens is 1. The fraction of sp³-hybridized carbons (Fsp3) is 0.154. The van der Waals surface area contributed by atoms with Crippen molar-refractivity contribution in [2.75, 3.05) is 5.32 Å². The lowest BCUT2D eigenvalue weighted by atomic mass is 10.1. The van der Waals surface area contributed by atoms with E-state index in [1.54, 1.807) is 6.07 Å². The van der Waals surface area contributed by atoms with Crippen molar-refractivity contribution < 1.29 is 0 Å². The fourth-order valence-corrected chi connectivity index (χ4v) is 1.69. The molecule has 1 heterocycles. The molecule has 0 aliphatic rings. The van der Waals surface area contributed by atoms with Crippen LogP contribution >= 0.6 is 11.6 Å². The van der Waals surface area contributed by atoms with Gasteiger partial charge in [-0.05, 0) is 24.6 Å². The minimum absolute atomic E-state index is 0.509. The van der Waals surface area contributed by atoms with Gasteiger partial charge in [-0.3, -0.25) is 0 Å². The zero-order valence-corrected chi connectivity index (χ0v) is 9.83. The Kier molecular flexibility index (Phi) is 3.42. The number of anilines is 1. The summed E-state index contributed by atoms with van der Waals surface area (Å²) in [5.41, 5.74) is 2.50. The predicted octanol–water partition coefficient (Wildman–Crippen LogP) is 3.66. The van der Waals surface area contributed by atoms with E-state index in [4.69, 9.17) is 11.6 Å². The summed E-state index contributed by atoms with van der Waals surface area (Å²) < 4.78 is 0. The summed E-state index contributed by atoms with van der Waals surface area (Å²) in [6.07, 6.45) is 0. The molecule has 0 bridgehead atoms. The monoisotopic (exact) mass is 232 g/mol. The molecule has 0 fully saturated rings. The Morgan fingerprint density at radius 3 is 2.75 bits per heavy atom. The average Bonchev–Trinajstić information content (AvgIpc) is 2.27. The number of aryl methyl sites for hydroxylation is 1. The summed E-state index contributed by atoms with van der Waals surface area (Å²) in [6, 6.07) is 13.9. The first-order valence-electron chi connectivity index (χ1n) is 5.16. The van der Waals surface area contributed by atoms with Crippen molar-refractivity contribution in [1.29, 1.82) is 0 Å². The van der Waals surface area contributed by atoms with Crippen molar-refractivity contribution in [2.24, 2.45) is 0 Å². The third-order valence-electron chi connectivity index (χ3n) is 2.27. The van der Waals surface area contributed by atoms with Gasteiger partial charge >= 0.3 is 0 Å². The van der Waals surface area contributed by atoms with Crippen LogP contribution in [0.4, 0.5) is 5.82 Å². The highest BCUT2D eigenvalue weighted by molar-refractivity contribution is 6.29. The third-order valence-corrected chi connectivity index (χ3v) is 2.48. The minimum Gasteiger partial charge on any atom is -0.366 e. The smallest absolute Gasteiger partial charge is 0.131 e. The van der Waals surface area contributed by atoms with E-state index in [1.807, 2.05) is 12.1 Å². The molecule has 1 N–H and O–H groups in total. The number of nitrogens with zero attached hydrogens (tertiary/aromatic N) is 1. The van der Waals surface area contributed by atoms with E-state index >= 15 is 0 Å². The predicted molar refractivity (Wildman–Crippen MR) is 67.8 cm³/mol. The molecule has 0 unspecified atom stereocenters. The average molecular weight is 233 g/mol. The minimum atomic E-state index is 0.509. The van der Waals surface area contributed by atoms with Gasteiger partial charge in [-0.25, -0.2) is 4.98 Å². The lowest BCUT2D eigenvalue weighted by molar-refractivity contribution is 1.11. The Balaban J connectivity index is 2.02. The maximum Gasteiger partial charge on any atom is 0.131 e. The summed E-state index contributed by atoms with van der Waals surface area (Å²) in [4.78, 5) is 4.16. The van der Waals surface area contributed by atoms with Crippen LogP contribution in [0.3, 0.4) is 0 Å². The molecule has 1 aromatic carbocycles. The van der Waals surface area contributed by atoms with Crippen molar-refractivity contribution >= 4 is 17.4 Å². The molecule has 0 radical (unpaired) electrons. The highest BCUT2D eigenvalue weighted by Crippen LogP contribution is 2.11. The SMILES string of the molecule is Cc1cccc(CNc2cccc(Cl)n2)c1. The number of benzene rings is 1. The molecule has 16 heavy (non-hydrogen) atoms. The van der Waals surface area contributed by atoms with Crippen LogP contribution in [0, 0.1) is 6.92 Å². The van der Waals surface area contributed by atoms with Crippen LogP contribution in [0.5, 0.6) is 0 Å². The maximum absolute atomic E-state index is 5.80. The number of hydrogen-bond donors (Lipinski definition) is 1. The zero-order valence-electron chi connectivity index (χ0n) is 9.07. The Hall–Kier alpha value is -1.54. The third kappa shape index (κ3) is 2.97. The molecule has 2 nitrogen and oxygen atoms in total. The van der Waals surface area contributed by atoms with E-state index in [2.05, 4.69) is 41.5 Å². The molecular formula is C13H13ClN2. The fourth-order valence-electron chi connectivity index (χ4n) is 1.52. The van der Waals surface area contributed by atoms with Gasteiger partial charge in [-0.2, -0.15) is 0 Å². The maximum atomic E-state index is 5.80. The first-order valence-corrected chi connectivity index (χ1v) is 5.54. The second-order valence-corrected chi connectivity index (χ2v) is 4.08. The van der Waals surface area contributed by atoms with Gasteiger partial charge in [0.05, 0.1) is 0 Å². The molecule has 0 aliphatic heterocycles. The number of nitrogens with one attached hydrogen (secondary N) is 1. The van der Waals surface area contributed by atoms with Crippen LogP contribution in [-0.2, 0) is 6.54 Å². The first-order chi connectivity index (χ1) is 7.74. The quantitative estimate of drug-likeness (QED) is 0.817. The topological polar surface area (TPSA) is 24.9 Å². The molecule has 1 aromatic heterocycles. The molecule has 2 rings (SSSR count). The van der Waals surface area contributed by atoms with Gasteiger partial charge in [0.1, 0.15) is 11.0 Å². The Labute approximate surface area is 100 Å². The first kappa shape index (κ1) is 11.0. The molecule has 0 saturated carbocycles. The van der Waals surface area contributed by atoms with Crippen LogP contribution in [0.15, 0.2) is 42.5 Å². The van der Waals surface area contributed by atoms with Crippen molar-refractivity contribution in [2.45, 2.75) is 13.5 Å². The summed E-state index contributed by atoms with van der Waals surface area (Å²) in [6.45, 7) is 2.84. The van der Waals surface area contributed by atoms with Crippen molar-refractivity contribution in [3.05, 3.63) is 58.7 Å². The second-order valence-electron chi connectivity index (χ2n) is 3.69. The standard InChI is InChI=1S/C13H13ClN2/c1-10-4-2-5-11(8-10)9-15-13-7-3-6-12(14)16-13/h2-8H,9H2,1H3,(H,15,16). The highest BCUT2D eigenvalue weighted by atomic mass is 35.5. The van der Waals surface area contributed by atoms with Crippen molar-refractivity contribution in [3.8, 4) is 0 Å². The Bertz CT molecular complexity index is 437. The molecule has 0 atom stereocenters. The van der Waals surface area contributed by atoms with Crippen LogP contribution in [0.1, 0.15) is 11.1 Å². The van der Waals surface area contributed by atoms with Gasteiger partial charge in [0, 0.05) is 6.54 Å². The van der Waals surface area contributed by atoms with Crippen LogP contribution in [0.2, 0.25) is 5.15 Å². The second kappa shape index (κ2) is 4.99. The van der Waals surface area contributed by atoms with Crippen LogP contribution < -0.4 is 5.32 Å². The molecule has 0 aliphatic carbocycles. The van der Waals surface area contributed by atoms with Gasteiger partial charge < -0.3 is 5.32 Å². The molecule has 82 valence electrons. The van der Waals surface area contributed by atoms with Gasteiger partial charge in [-0.1, -0.05) is 47.5 Å². The molecule has 2 aromatic rings. The highest BCUT2D eigenvalue weighted by Gasteiger charge is 1.96. The molecule has 3 heteroatoms. The van der Waals surface area contributed by atoms with Crippen LogP contribution in [0.25, 0.3) is 0 Å². The van der Waals surface area contributed by atoms with Gasteiger partial charge in [-0.15, -0.1) is 0 Å². The molecular weight excluding hydrogens is 220 g/mol.